The zero-order valence-electron chi connectivity index (χ0n) is 21.4. The Labute approximate surface area is 235 Å². The molecule has 0 bridgehead atoms. The molecule has 0 unspecified atom stereocenters. The Morgan fingerprint density at radius 1 is 0.436 bits per heavy atom. The average Bonchev–Trinajstić information content (AvgIpc) is 3.02. The van der Waals surface area contributed by atoms with Gasteiger partial charge in [-0.25, -0.2) is 0 Å². The number of hydrogen-bond acceptors (Lipinski definition) is 1. The number of benzene rings is 6. The Balaban J connectivity index is 1.45. The third kappa shape index (κ3) is 3.33. The molecule has 0 nitrogen and oxygen atoms in total. The van der Waals surface area contributed by atoms with E-state index in [2.05, 4.69) is 152 Å². The summed E-state index contributed by atoms with van der Waals surface area (Å²) in [6, 6.07) is 56.9. The van der Waals surface area contributed by atoms with Crippen LogP contribution in [0, 0.1) is 0 Å². The minimum atomic E-state index is -2.53. The monoisotopic (exact) mass is 528 g/mol. The summed E-state index contributed by atoms with van der Waals surface area (Å²) in [6.07, 6.45) is 0. The summed E-state index contributed by atoms with van der Waals surface area (Å²) in [5.41, 5.74) is 6.95. The van der Waals surface area contributed by atoms with Crippen molar-refractivity contribution in [2.75, 3.05) is 0 Å². The molecule has 0 radical (unpaired) electrons. The standard InChI is InChI=1S/C36H25BSSi/c1-4-13-26(14-5-1)27-23-24-30-33(25-27)38-32-20-12-22-35-36(32)37(30)31-19-10-11-21-34(31)39(35,28-15-6-2-7-16-28)29-17-8-3-9-18-29/h1-25H. The minimum Gasteiger partial charge on any atom is -0.0912 e. The molecule has 2 aliphatic rings. The lowest BCUT2D eigenvalue weighted by Crippen LogP contribution is -2.87. The van der Waals surface area contributed by atoms with Gasteiger partial charge in [-0.3, -0.25) is 0 Å². The predicted molar refractivity (Wildman–Crippen MR) is 171 cm³/mol. The van der Waals surface area contributed by atoms with Crippen LogP contribution in [0.3, 0.4) is 0 Å². The number of rotatable bonds is 3. The van der Waals surface area contributed by atoms with Crippen LogP contribution in [-0.4, -0.2) is 14.8 Å². The van der Waals surface area contributed by atoms with Gasteiger partial charge in [0.1, 0.15) is 0 Å². The van der Waals surface area contributed by atoms with Gasteiger partial charge in [-0.2, -0.15) is 0 Å². The Morgan fingerprint density at radius 2 is 1.05 bits per heavy atom. The van der Waals surface area contributed by atoms with Crippen molar-refractivity contribution in [1.29, 1.82) is 0 Å². The van der Waals surface area contributed by atoms with E-state index in [1.807, 2.05) is 11.8 Å². The number of hydrogen-bond donors (Lipinski definition) is 0. The van der Waals surface area contributed by atoms with Crippen molar-refractivity contribution in [1.82, 2.24) is 0 Å². The lowest BCUT2D eigenvalue weighted by Gasteiger charge is -2.44. The van der Waals surface area contributed by atoms with E-state index in [4.69, 9.17) is 0 Å². The van der Waals surface area contributed by atoms with Gasteiger partial charge < -0.3 is 0 Å². The van der Waals surface area contributed by atoms with Crippen molar-refractivity contribution in [2.45, 2.75) is 9.79 Å². The smallest absolute Gasteiger partial charge is 0.0912 e. The maximum absolute atomic E-state index is 2.53. The minimum absolute atomic E-state index is 0.238. The van der Waals surface area contributed by atoms with Crippen LogP contribution >= 0.6 is 11.8 Å². The van der Waals surface area contributed by atoms with Crippen molar-refractivity contribution in [3.05, 3.63) is 152 Å². The zero-order chi connectivity index (χ0) is 25.8. The maximum Gasteiger partial charge on any atom is 0.243 e. The molecule has 3 heteroatoms. The van der Waals surface area contributed by atoms with Crippen LogP contribution in [0.2, 0.25) is 0 Å². The summed E-state index contributed by atoms with van der Waals surface area (Å²) in [5, 5.41) is 5.95. The topological polar surface area (TPSA) is 0 Å². The average molecular weight is 529 g/mol. The van der Waals surface area contributed by atoms with Gasteiger partial charge >= 0.3 is 0 Å². The van der Waals surface area contributed by atoms with E-state index in [0.29, 0.717) is 0 Å². The van der Waals surface area contributed by atoms with Crippen LogP contribution in [-0.2, 0) is 0 Å². The molecule has 0 N–H and O–H groups in total. The molecule has 182 valence electrons. The van der Waals surface area contributed by atoms with E-state index >= 15 is 0 Å². The second-order valence-electron chi connectivity index (χ2n) is 10.4. The summed E-state index contributed by atoms with van der Waals surface area (Å²) in [4.78, 5) is 2.77. The largest absolute Gasteiger partial charge is 0.243 e. The quantitative estimate of drug-likeness (QED) is 0.312. The molecule has 0 amide bonds. The highest BCUT2D eigenvalue weighted by atomic mass is 32.2. The van der Waals surface area contributed by atoms with Crippen LogP contribution < -0.4 is 37.1 Å². The molecule has 0 saturated heterocycles. The Kier molecular flexibility index (Phi) is 5.29. The molecular weight excluding hydrogens is 503 g/mol. The van der Waals surface area contributed by atoms with E-state index in [1.54, 1.807) is 0 Å². The summed E-state index contributed by atoms with van der Waals surface area (Å²) < 4.78 is 0. The Morgan fingerprint density at radius 3 is 1.77 bits per heavy atom. The molecule has 6 aromatic rings. The first kappa shape index (κ1) is 22.9. The van der Waals surface area contributed by atoms with Gasteiger partial charge in [0.25, 0.3) is 0 Å². The molecule has 0 aliphatic carbocycles. The zero-order valence-corrected chi connectivity index (χ0v) is 23.2. The second kappa shape index (κ2) is 9.01. The van der Waals surface area contributed by atoms with Crippen LogP contribution in [0.5, 0.6) is 0 Å². The first-order valence-electron chi connectivity index (χ1n) is 13.6. The summed E-state index contributed by atoms with van der Waals surface area (Å²) >= 11 is 1.95. The highest BCUT2D eigenvalue weighted by Crippen LogP contribution is 2.33. The summed E-state index contributed by atoms with van der Waals surface area (Å²) in [7, 11) is -2.53. The molecule has 2 heterocycles. The normalized spacial score (nSPS) is 14.2. The van der Waals surface area contributed by atoms with Crippen molar-refractivity contribution >= 4 is 63.7 Å². The van der Waals surface area contributed by atoms with Crippen molar-refractivity contribution in [3.63, 3.8) is 0 Å². The van der Waals surface area contributed by atoms with E-state index in [9.17, 15) is 0 Å². The maximum atomic E-state index is 2.44. The first-order valence-corrected chi connectivity index (χ1v) is 16.4. The molecule has 2 aliphatic heterocycles. The molecule has 39 heavy (non-hydrogen) atoms. The SMILES string of the molecule is c1ccc(-c2ccc3c(c2)Sc2cccc4c2B3c2ccccc2[Si]4(c2ccccc2)c2ccccc2)cc1. The Hall–Kier alpha value is -4.05. The highest BCUT2D eigenvalue weighted by Gasteiger charge is 2.51. The third-order valence-corrected chi connectivity index (χ3v) is 14.6. The lowest BCUT2D eigenvalue weighted by molar-refractivity contribution is 1.43. The first-order chi connectivity index (χ1) is 19.4. The summed E-state index contributed by atoms with van der Waals surface area (Å²) in [5.74, 6) is 0. The number of fused-ring (bicyclic) bond motifs is 4. The van der Waals surface area contributed by atoms with E-state index < -0.39 is 8.07 Å². The van der Waals surface area contributed by atoms with E-state index in [-0.39, 0.29) is 6.71 Å². The van der Waals surface area contributed by atoms with Crippen LogP contribution in [0.4, 0.5) is 0 Å². The van der Waals surface area contributed by atoms with E-state index in [0.717, 1.165) is 0 Å². The van der Waals surface area contributed by atoms with Crippen LogP contribution in [0.25, 0.3) is 11.1 Å². The van der Waals surface area contributed by atoms with Crippen LogP contribution in [0.15, 0.2) is 161 Å². The molecule has 0 saturated carbocycles. The van der Waals surface area contributed by atoms with E-state index in [1.165, 1.54) is 58.1 Å². The van der Waals surface area contributed by atoms with Gasteiger partial charge in [-0.05, 0) is 44.0 Å². The molecule has 6 aromatic carbocycles. The molecule has 0 aromatic heterocycles. The molecule has 8 rings (SSSR count). The van der Waals surface area contributed by atoms with Crippen molar-refractivity contribution < 1.29 is 0 Å². The second-order valence-corrected chi connectivity index (χ2v) is 15.3. The predicted octanol–water partition coefficient (Wildman–Crippen LogP) is 4.03. The van der Waals surface area contributed by atoms with Gasteiger partial charge in [-0.1, -0.05) is 168 Å². The van der Waals surface area contributed by atoms with Gasteiger partial charge in [0.05, 0.1) is 0 Å². The van der Waals surface area contributed by atoms with Crippen LogP contribution in [0.1, 0.15) is 0 Å². The molecule has 0 atom stereocenters. The highest BCUT2D eigenvalue weighted by molar-refractivity contribution is 8.00. The summed E-state index contributed by atoms with van der Waals surface area (Å²) in [6.45, 7) is 0.238. The lowest BCUT2D eigenvalue weighted by atomic mass is 9.36. The van der Waals surface area contributed by atoms with Gasteiger partial charge in [0, 0.05) is 9.79 Å². The third-order valence-electron chi connectivity index (χ3n) is 8.50. The van der Waals surface area contributed by atoms with Gasteiger partial charge in [0.15, 0.2) is 8.07 Å². The van der Waals surface area contributed by atoms with Gasteiger partial charge in [0.2, 0.25) is 6.71 Å². The molecule has 0 spiro atoms. The van der Waals surface area contributed by atoms with Crippen molar-refractivity contribution in [3.8, 4) is 11.1 Å². The Bertz CT molecular complexity index is 1790. The van der Waals surface area contributed by atoms with Crippen molar-refractivity contribution in [2.24, 2.45) is 0 Å². The molecular formula is C36H25BSSi. The molecule has 0 fully saturated rings. The fraction of sp³-hybridized carbons (Fsp3) is 0. The fourth-order valence-corrected chi connectivity index (χ4v) is 13.5. The van der Waals surface area contributed by atoms with Gasteiger partial charge in [-0.15, -0.1) is 0 Å². The fourth-order valence-electron chi connectivity index (χ4n) is 6.93.